The van der Waals surface area contributed by atoms with E-state index in [1.54, 1.807) is 0 Å². The molecule has 0 saturated carbocycles. The second-order valence-corrected chi connectivity index (χ2v) is 6.84. The fraction of sp³-hybridized carbons (Fsp3) is 0.625. The first-order valence-electron chi connectivity index (χ1n) is 7.40. The predicted molar refractivity (Wildman–Crippen MR) is 88.3 cm³/mol. The van der Waals surface area contributed by atoms with E-state index in [0.29, 0.717) is 6.04 Å². The first-order valence-corrected chi connectivity index (χ1v) is 8.57. The van der Waals surface area contributed by atoms with Crippen molar-refractivity contribution >= 4 is 27.5 Å². The van der Waals surface area contributed by atoms with Crippen molar-refractivity contribution in [2.75, 3.05) is 6.61 Å². The average Bonchev–Trinajstić information content (AvgIpc) is 2.46. The van der Waals surface area contributed by atoms with Crippen LogP contribution >= 0.6 is 27.5 Å². The third kappa shape index (κ3) is 3.97. The van der Waals surface area contributed by atoms with Crippen molar-refractivity contribution in [2.45, 2.75) is 57.7 Å². The molecule has 1 atom stereocenters. The maximum absolute atomic E-state index is 6.02. The fourth-order valence-corrected chi connectivity index (χ4v) is 3.69. The van der Waals surface area contributed by atoms with Gasteiger partial charge in [-0.2, -0.15) is 0 Å². The molecular formula is C16H23BrClNO. The largest absolute Gasteiger partial charge is 0.375 e. The summed E-state index contributed by atoms with van der Waals surface area (Å²) in [6, 6.07) is 6.50. The van der Waals surface area contributed by atoms with E-state index < -0.39 is 0 Å². The van der Waals surface area contributed by atoms with Gasteiger partial charge in [0.2, 0.25) is 0 Å². The van der Waals surface area contributed by atoms with Crippen molar-refractivity contribution in [3.63, 3.8) is 0 Å². The van der Waals surface area contributed by atoms with Gasteiger partial charge in [-0.15, -0.1) is 0 Å². The number of halogens is 2. The van der Waals surface area contributed by atoms with E-state index in [0.717, 1.165) is 48.3 Å². The van der Waals surface area contributed by atoms with Crippen LogP contribution in [0.4, 0.5) is 0 Å². The van der Waals surface area contributed by atoms with Gasteiger partial charge in [-0.05, 0) is 43.4 Å². The monoisotopic (exact) mass is 359 g/mol. The Hall–Kier alpha value is -0.0900. The molecule has 1 fully saturated rings. The minimum atomic E-state index is 0.0765. The van der Waals surface area contributed by atoms with Crippen LogP contribution in [0, 0.1) is 0 Å². The van der Waals surface area contributed by atoms with Gasteiger partial charge in [0.1, 0.15) is 0 Å². The Morgan fingerprint density at radius 2 is 2.15 bits per heavy atom. The molecule has 1 saturated heterocycles. The number of rotatable bonds is 5. The Morgan fingerprint density at radius 3 is 2.80 bits per heavy atom. The van der Waals surface area contributed by atoms with Crippen LogP contribution in [0.3, 0.4) is 0 Å². The van der Waals surface area contributed by atoms with Crippen LogP contribution in [0.1, 0.15) is 45.1 Å². The Morgan fingerprint density at radius 1 is 1.40 bits per heavy atom. The lowest BCUT2D eigenvalue weighted by Gasteiger charge is -2.40. The Bertz CT molecular complexity index is 448. The zero-order valence-electron chi connectivity index (χ0n) is 12.2. The summed E-state index contributed by atoms with van der Waals surface area (Å²) in [5.41, 5.74) is 1.33. The summed E-state index contributed by atoms with van der Waals surface area (Å²) in [6.45, 7) is 6.18. The topological polar surface area (TPSA) is 21.3 Å². The summed E-state index contributed by atoms with van der Waals surface area (Å²) >= 11 is 9.55. The summed E-state index contributed by atoms with van der Waals surface area (Å²) < 4.78 is 7.09. The summed E-state index contributed by atoms with van der Waals surface area (Å²) in [7, 11) is 0. The second kappa shape index (κ2) is 7.26. The smallest absolute Gasteiger partial charge is 0.0692 e. The van der Waals surface area contributed by atoms with E-state index in [1.807, 2.05) is 12.1 Å². The molecule has 2 rings (SSSR count). The normalized spacial score (nSPS) is 21.9. The Kier molecular flexibility index (Phi) is 5.91. The highest BCUT2D eigenvalue weighted by Crippen LogP contribution is 2.31. The van der Waals surface area contributed by atoms with Gasteiger partial charge in [-0.25, -0.2) is 0 Å². The van der Waals surface area contributed by atoms with Crippen LogP contribution in [0.2, 0.25) is 5.02 Å². The van der Waals surface area contributed by atoms with E-state index in [9.17, 15) is 0 Å². The Balaban J connectivity index is 1.93. The summed E-state index contributed by atoms with van der Waals surface area (Å²) in [6.07, 6.45) is 4.37. The molecular weight excluding hydrogens is 338 g/mol. The van der Waals surface area contributed by atoms with Crippen LogP contribution in [-0.4, -0.2) is 18.2 Å². The van der Waals surface area contributed by atoms with Crippen LogP contribution in [-0.2, 0) is 11.3 Å². The Labute approximate surface area is 135 Å². The van der Waals surface area contributed by atoms with Crippen molar-refractivity contribution in [2.24, 2.45) is 0 Å². The minimum Gasteiger partial charge on any atom is -0.375 e. The quantitative estimate of drug-likeness (QED) is 0.804. The van der Waals surface area contributed by atoms with Crippen molar-refractivity contribution < 1.29 is 4.74 Å². The molecule has 0 aromatic heterocycles. The van der Waals surface area contributed by atoms with Gasteiger partial charge >= 0.3 is 0 Å². The maximum atomic E-state index is 6.02. The molecule has 0 radical (unpaired) electrons. The van der Waals surface area contributed by atoms with Crippen LogP contribution in [0.15, 0.2) is 22.7 Å². The molecule has 2 nitrogen and oxygen atoms in total. The highest BCUT2D eigenvalue weighted by Gasteiger charge is 2.34. The first-order chi connectivity index (χ1) is 9.58. The number of nitrogens with one attached hydrogen (secondary N) is 1. The van der Waals surface area contributed by atoms with Crippen LogP contribution < -0.4 is 5.32 Å². The van der Waals surface area contributed by atoms with Crippen LogP contribution in [0.25, 0.3) is 0 Å². The molecule has 112 valence electrons. The molecule has 0 spiro atoms. The highest BCUT2D eigenvalue weighted by molar-refractivity contribution is 9.10. The lowest BCUT2D eigenvalue weighted by molar-refractivity contribution is -0.0932. The molecule has 0 amide bonds. The van der Waals surface area contributed by atoms with Gasteiger partial charge < -0.3 is 10.1 Å². The maximum Gasteiger partial charge on any atom is 0.0692 e. The molecule has 1 N–H and O–H groups in total. The second-order valence-electron chi connectivity index (χ2n) is 5.54. The third-order valence-electron chi connectivity index (χ3n) is 4.38. The van der Waals surface area contributed by atoms with Crippen molar-refractivity contribution in [1.29, 1.82) is 0 Å². The molecule has 1 unspecified atom stereocenters. The van der Waals surface area contributed by atoms with Gasteiger partial charge in [0.05, 0.1) is 5.60 Å². The fourth-order valence-electron chi connectivity index (χ4n) is 2.86. The SMILES string of the molecule is CCC1(CC)CC(NCc2ccc(Cl)cc2Br)CCO1. The summed E-state index contributed by atoms with van der Waals surface area (Å²) in [5, 5.41) is 4.43. The molecule has 1 aromatic rings. The molecule has 4 heteroatoms. The molecule has 1 aliphatic heterocycles. The highest BCUT2D eigenvalue weighted by atomic mass is 79.9. The summed E-state index contributed by atoms with van der Waals surface area (Å²) in [4.78, 5) is 0. The molecule has 0 bridgehead atoms. The number of ether oxygens (including phenoxy) is 1. The third-order valence-corrected chi connectivity index (χ3v) is 5.35. The van der Waals surface area contributed by atoms with Gasteiger partial charge in [0, 0.05) is 28.7 Å². The lowest BCUT2D eigenvalue weighted by Crippen LogP contribution is -2.46. The van der Waals surface area contributed by atoms with Gasteiger partial charge in [0.25, 0.3) is 0 Å². The first kappa shape index (κ1) is 16.3. The van der Waals surface area contributed by atoms with E-state index in [2.05, 4.69) is 41.2 Å². The van der Waals surface area contributed by atoms with Gasteiger partial charge in [-0.1, -0.05) is 47.4 Å². The molecule has 20 heavy (non-hydrogen) atoms. The number of hydrogen-bond donors (Lipinski definition) is 1. The van der Waals surface area contributed by atoms with E-state index in [4.69, 9.17) is 16.3 Å². The lowest BCUT2D eigenvalue weighted by atomic mass is 9.86. The number of benzene rings is 1. The van der Waals surface area contributed by atoms with Crippen LogP contribution in [0.5, 0.6) is 0 Å². The standard InChI is InChI=1S/C16H23BrClNO/c1-3-16(4-2)10-14(7-8-20-16)19-11-12-5-6-13(18)9-15(12)17/h5-6,9,14,19H,3-4,7-8,10-11H2,1-2H3. The zero-order chi connectivity index (χ0) is 14.6. The van der Waals surface area contributed by atoms with Gasteiger partial charge in [0.15, 0.2) is 0 Å². The van der Waals surface area contributed by atoms with E-state index >= 15 is 0 Å². The minimum absolute atomic E-state index is 0.0765. The predicted octanol–water partition coefficient (Wildman–Crippen LogP) is 4.93. The average molecular weight is 361 g/mol. The zero-order valence-corrected chi connectivity index (χ0v) is 14.6. The molecule has 1 heterocycles. The van der Waals surface area contributed by atoms with Crippen molar-refractivity contribution in [3.05, 3.63) is 33.3 Å². The van der Waals surface area contributed by atoms with Crippen molar-refractivity contribution in [3.8, 4) is 0 Å². The molecule has 1 aromatic carbocycles. The van der Waals surface area contributed by atoms with Crippen molar-refractivity contribution in [1.82, 2.24) is 5.32 Å². The summed E-state index contributed by atoms with van der Waals surface area (Å²) in [5.74, 6) is 0. The van der Waals surface area contributed by atoms with E-state index in [1.165, 1.54) is 5.56 Å². The van der Waals surface area contributed by atoms with Gasteiger partial charge in [-0.3, -0.25) is 0 Å². The van der Waals surface area contributed by atoms with E-state index in [-0.39, 0.29) is 5.60 Å². The molecule has 0 aliphatic carbocycles. The number of hydrogen-bond acceptors (Lipinski definition) is 2. The molecule has 1 aliphatic rings.